The Morgan fingerprint density at radius 2 is 1.10 bits per heavy atom. The number of para-hydroxylation sites is 2. The second kappa shape index (κ2) is 46.6. The number of benzene rings is 4. The maximum absolute atomic E-state index is 14.9. The summed E-state index contributed by atoms with van der Waals surface area (Å²) in [5.41, 5.74) is 19.8. The number of fused-ring (bicyclic) bond motifs is 1. The molecule has 0 spiro atoms. The normalized spacial score (nSPS) is 20.4. The van der Waals surface area contributed by atoms with Crippen molar-refractivity contribution in [2.75, 3.05) is 32.0 Å². The number of cyclic esters (lactones) is 1. The zero-order chi connectivity index (χ0) is 91.1. The first-order chi connectivity index (χ1) is 58.1. The molecule has 0 aliphatic carbocycles. The van der Waals surface area contributed by atoms with Crippen LogP contribution < -0.4 is 91.6 Å². The average molecular weight is 1740 g/mol. The van der Waals surface area contributed by atoms with Gasteiger partial charge in [-0.15, -0.1) is 0 Å². The molecule has 45 nitrogen and oxygen atoms in total. The number of Topliss-reactive ketones (excluding diaryl/α,β-unsaturated/α-hetero) is 1. The summed E-state index contributed by atoms with van der Waals surface area (Å²) >= 11 is 6.08. The predicted molar refractivity (Wildman–Crippen MR) is 429 cm³/mol. The van der Waals surface area contributed by atoms with Gasteiger partial charge >= 0.3 is 29.8 Å². The molecule has 27 N–H and O–H groups in total. The SMILES string of the molecule is CC1NC(=O)C(CC(=O)O)NC(=O)C(CCCNC(=N)N)NC(=O)CNC(=O)C(NC(=O)C(CC(=O)O)NC(=O)C(CC(N)=O)NC(=O)C(Cc2c[nH]c3ccccc23)NC(=O)Cc2ccc(-c3ccc(Cl)cc3)cc2)C(C)OC(=O)C(CC(=O)c2ccccc2N)NC(=O)C(C(C)CC(=O)O)NC(=O)C(CO)NC(=O)CNC(=O)C(CC(=O)O)NC1=O. The smallest absolute Gasteiger partial charge is 0.329 e. The minimum Gasteiger partial charge on any atom is -0.481 e. The van der Waals surface area contributed by atoms with Gasteiger partial charge < -0.3 is 127 Å². The second-order valence-electron chi connectivity index (χ2n) is 28.3. The third-order valence-electron chi connectivity index (χ3n) is 18.6. The summed E-state index contributed by atoms with van der Waals surface area (Å²) in [6.07, 6.45) is -9.14. The number of aromatic nitrogens is 1. The van der Waals surface area contributed by atoms with Crippen LogP contribution in [-0.2, 0) is 109 Å². The number of carboxylic acid groups (broad SMARTS) is 4. The Hall–Kier alpha value is -14.7. The number of nitrogen functional groups attached to an aromatic ring is 1. The van der Waals surface area contributed by atoms with Crippen molar-refractivity contribution in [1.82, 2.24) is 79.4 Å². The number of ketones is 1. The minimum absolute atomic E-state index is 0.187. The molecule has 2 heterocycles. The van der Waals surface area contributed by atoms with Gasteiger partial charge in [0.15, 0.2) is 11.7 Å². The molecule has 4 aromatic carbocycles. The molecule has 14 amide bonds. The highest BCUT2D eigenvalue weighted by Crippen LogP contribution is 2.24. The molecule has 123 heavy (non-hydrogen) atoms. The lowest BCUT2D eigenvalue weighted by atomic mass is 9.96. The summed E-state index contributed by atoms with van der Waals surface area (Å²) < 4.78 is 5.70. The molecular weight excluding hydrogens is 1640 g/mol. The van der Waals surface area contributed by atoms with Crippen molar-refractivity contribution < 1.29 is 126 Å². The summed E-state index contributed by atoms with van der Waals surface area (Å²) in [5, 5.41) is 89.2. The van der Waals surface area contributed by atoms with Crippen LogP contribution in [0.3, 0.4) is 0 Å². The number of halogens is 1. The third-order valence-corrected chi connectivity index (χ3v) is 18.9. The minimum atomic E-state index is -2.50. The molecule has 1 aliphatic heterocycles. The van der Waals surface area contributed by atoms with Crippen molar-refractivity contribution in [3.8, 4) is 11.1 Å². The highest BCUT2D eigenvalue weighted by atomic mass is 35.5. The molecule has 13 atom stereocenters. The number of rotatable bonds is 31. The topological polar surface area (TPSA) is 738 Å². The molecule has 46 heteroatoms. The fourth-order valence-corrected chi connectivity index (χ4v) is 12.4. The van der Waals surface area contributed by atoms with E-state index in [0.29, 0.717) is 27.1 Å². The van der Waals surface area contributed by atoms with Crippen LogP contribution in [0.5, 0.6) is 0 Å². The summed E-state index contributed by atoms with van der Waals surface area (Å²) in [7, 11) is 0. The van der Waals surface area contributed by atoms with Crippen molar-refractivity contribution in [2.45, 2.75) is 158 Å². The van der Waals surface area contributed by atoms with E-state index < -0.39 is 267 Å². The molecule has 1 saturated heterocycles. The summed E-state index contributed by atoms with van der Waals surface area (Å²) in [5.74, 6) is -31.1. The molecule has 660 valence electrons. The zero-order valence-electron chi connectivity index (χ0n) is 66.1. The van der Waals surface area contributed by atoms with E-state index in [2.05, 4.69) is 63.5 Å². The maximum atomic E-state index is 14.9. The number of aliphatic hydroxyl groups is 1. The first-order valence-corrected chi connectivity index (χ1v) is 38.2. The van der Waals surface area contributed by atoms with Crippen LogP contribution >= 0.6 is 11.6 Å². The van der Waals surface area contributed by atoms with Crippen LogP contribution in [0, 0.1) is 11.3 Å². The molecule has 6 rings (SSSR count). The maximum Gasteiger partial charge on any atom is 0.329 e. The number of primary amides is 1. The Labute approximate surface area is 703 Å². The lowest BCUT2D eigenvalue weighted by Gasteiger charge is -2.30. The molecule has 13 unspecified atom stereocenters. The van der Waals surface area contributed by atoms with Crippen molar-refractivity contribution in [1.29, 1.82) is 5.41 Å². The van der Waals surface area contributed by atoms with Gasteiger partial charge in [0.25, 0.3) is 0 Å². The number of carboxylic acids is 4. The number of anilines is 1. The van der Waals surface area contributed by atoms with Gasteiger partial charge in [-0.05, 0) is 85.2 Å². The first-order valence-electron chi connectivity index (χ1n) is 37.8. The van der Waals surface area contributed by atoms with Gasteiger partial charge in [0.05, 0.1) is 58.2 Å². The summed E-state index contributed by atoms with van der Waals surface area (Å²) in [6.45, 7) is -1.12. The number of H-pyrrole nitrogens is 1. The van der Waals surface area contributed by atoms with Gasteiger partial charge in [-0.25, -0.2) is 4.79 Å². The van der Waals surface area contributed by atoms with E-state index in [4.69, 9.17) is 38.9 Å². The first kappa shape index (κ1) is 97.2. The Bertz CT molecular complexity index is 4820. The number of amides is 14. The number of esters is 1. The fourth-order valence-electron chi connectivity index (χ4n) is 12.3. The van der Waals surface area contributed by atoms with Crippen molar-refractivity contribution in [3.05, 3.63) is 125 Å². The Morgan fingerprint density at radius 3 is 1.69 bits per heavy atom. The van der Waals surface area contributed by atoms with E-state index >= 15 is 0 Å². The standard InChI is InChI=1S/C77H94ClN19O26/c1-35(23-60(104)105)64-75(121)95-53(26-55(99)44-10-4-6-11-45(44)79)76(122)123-37(3)65(74(120)86-33-58(102)88-47(13-8-22-83-77(81)82)68(114)93-51(29-62(108)109)69(115)87-36(2)66(112)91-50(28-61(106)107)67(113)85-32-59(103)90-54(34-98)73(119)96-64)97-72(118)52(30-63(110)111)94-71(117)49(27-56(80)100)92-70(116)48(25-41-31-84-46-12-7-5-9-43(41)46)89-57(101)24-38-14-16-39(17-15-38)40-18-20-42(78)21-19-40/h4-7,9-12,14-21,31,35-37,47-54,64-65,84,98H,8,13,22-30,32-34,79H2,1-3H3,(H2,80,100)(H,85,113)(H,86,120)(H,87,115)(H,88,102)(H,89,101)(H,90,103)(H,91,112)(H,92,116)(H,93,114)(H,94,117)(H,95,121)(H,96,119)(H,97,118)(H,104,105)(H,106,107)(H,108,109)(H,110,111)(H4,81,82,83). The molecule has 0 saturated carbocycles. The van der Waals surface area contributed by atoms with Crippen LogP contribution in [0.15, 0.2) is 103 Å². The van der Waals surface area contributed by atoms with Gasteiger partial charge in [0, 0.05) is 52.8 Å². The number of aromatic amines is 1. The highest BCUT2D eigenvalue weighted by Gasteiger charge is 2.41. The zero-order valence-corrected chi connectivity index (χ0v) is 66.9. The number of nitrogens with one attached hydrogen (secondary N) is 16. The third kappa shape index (κ3) is 31.2. The van der Waals surface area contributed by atoms with Gasteiger partial charge in [0.1, 0.15) is 72.6 Å². The molecule has 1 fully saturated rings. The van der Waals surface area contributed by atoms with Gasteiger partial charge in [-0.2, -0.15) is 0 Å². The quantitative estimate of drug-likeness (QED) is 0.00491. The van der Waals surface area contributed by atoms with Gasteiger partial charge in [-0.3, -0.25) is 96.5 Å². The van der Waals surface area contributed by atoms with Gasteiger partial charge in [0.2, 0.25) is 82.7 Å². The fraction of sp³-hybridized carbons (Fsp3) is 0.390. The van der Waals surface area contributed by atoms with E-state index in [1.165, 1.54) is 24.3 Å². The molecule has 5 aromatic rings. The number of nitrogens with two attached hydrogens (primary N) is 3. The molecule has 1 aromatic heterocycles. The van der Waals surface area contributed by atoms with Crippen LogP contribution in [0.1, 0.15) is 93.6 Å². The van der Waals surface area contributed by atoms with Crippen LogP contribution in [0.25, 0.3) is 22.0 Å². The van der Waals surface area contributed by atoms with Crippen molar-refractivity contribution >= 4 is 152 Å². The molecular formula is C77H94ClN19O26. The number of carbonyl (C=O) groups excluding carboxylic acids is 16. The van der Waals surface area contributed by atoms with E-state index in [1.807, 2.05) is 16.0 Å². The van der Waals surface area contributed by atoms with E-state index in [1.54, 1.807) is 79.0 Å². The lowest BCUT2D eigenvalue weighted by Crippen LogP contribution is -2.62. The Kier molecular flexibility index (Phi) is 36.8. The summed E-state index contributed by atoms with van der Waals surface area (Å²) in [4.78, 5) is 279. The molecule has 1 aliphatic rings. The summed E-state index contributed by atoms with van der Waals surface area (Å²) in [6, 6.07) is 2.51. The van der Waals surface area contributed by atoms with E-state index in [-0.39, 0.29) is 37.1 Å². The van der Waals surface area contributed by atoms with Crippen molar-refractivity contribution in [2.24, 2.45) is 17.4 Å². The number of guanidine groups is 1. The van der Waals surface area contributed by atoms with Crippen LogP contribution in [0.2, 0.25) is 5.02 Å². The molecule has 0 bridgehead atoms. The van der Waals surface area contributed by atoms with Gasteiger partial charge in [-0.1, -0.05) is 85.3 Å². The van der Waals surface area contributed by atoms with Crippen LogP contribution in [-0.4, -0.2) is 254 Å². The van der Waals surface area contributed by atoms with E-state index in [9.17, 15) is 121 Å². The van der Waals surface area contributed by atoms with Crippen molar-refractivity contribution in [3.63, 3.8) is 0 Å². The van der Waals surface area contributed by atoms with E-state index in [0.717, 1.165) is 31.9 Å². The monoisotopic (exact) mass is 1740 g/mol. The average Bonchev–Trinajstić information content (AvgIpc) is 1.71. The Morgan fingerprint density at radius 1 is 0.561 bits per heavy atom. The number of aliphatic carboxylic acids is 4. The number of carbonyl (C=O) groups is 20. The number of hydrogen-bond donors (Lipinski definition) is 24. The predicted octanol–water partition coefficient (Wildman–Crippen LogP) is -5.68. The number of aliphatic hydroxyl groups excluding tert-OH is 1. The number of ether oxygens (including phenoxy) is 1. The lowest BCUT2D eigenvalue weighted by molar-refractivity contribution is -0.156. The second-order valence-corrected chi connectivity index (χ2v) is 28.7. The highest BCUT2D eigenvalue weighted by molar-refractivity contribution is 6.30. The molecule has 0 radical (unpaired) electrons. The Balaban J connectivity index is 1.41. The largest absolute Gasteiger partial charge is 0.481 e. The van der Waals surface area contributed by atoms with Crippen LogP contribution in [0.4, 0.5) is 5.69 Å². The number of hydrogen-bond acceptors (Lipinski definition) is 24.